The number of morpholine rings is 1. The number of sulfonamides is 1. The van der Waals surface area contributed by atoms with Crippen molar-refractivity contribution in [2.75, 3.05) is 20.2 Å². The Morgan fingerprint density at radius 2 is 1.70 bits per heavy atom. The zero-order valence-electron chi connectivity index (χ0n) is 18.9. The molecular weight excluding hydrogens is 440 g/mol. The van der Waals surface area contributed by atoms with Crippen LogP contribution in [0.4, 0.5) is 0 Å². The lowest BCUT2D eigenvalue weighted by Crippen LogP contribution is -2.48. The SMILES string of the molecule is COc1ccc2ccccc2c1CNC(=O)c1ccc(S(=O)(=O)N2CC(C)OC(C)C2)cc1. The van der Waals surface area contributed by atoms with Crippen molar-refractivity contribution in [3.63, 3.8) is 0 Å². The third-order valence-electron chi connectivity index (χ3n) is 5.78. The van der Waals surface area contributed by atoms with Crippen LogP contribution in [0.5, 0.6) is 5.75 Å². The molecule has 1 amide bonds. The Bertz CT molecular complexity index is 1250. The van der Waals surface area contributed by atoms with Crippen LogP contribution in [-0.4, -0.2) is 51.0 Å². The number of rotatable bonds is 6. The number of hydrogen-bond acceptors (Lipinski definition) is 5. The van der Waals surface area contributed by atoms with Crippen LogP contribution in [-0.2, 0) is 21.3 Å². The molecule has 0 spiro atoms. The number of amides is 1. The van der Waals surface area contributed by atoms with Gasteiger partial charge in [0.2, 0.25) is 10.0 Å². The molecule has 1 aliphatic rings. The molecule has 8 heteroatoms. The molecule has 0 radical (unpaired) electrons. The van der Waals surface area contributed by atoms with E-state index in [0.717, 1.165) is 16.3 Å². The first-order valence-corrected chi connectivity index (χ1v) is 12.3. The molecule has 0 aliphatic carbocycles. The smallest absolute Gasteiger partial charge is 0.251 e. The van der Waals surface area contributed by atoms with Gasteiger partial charge in [-0.05, 0) is 55.0 Å². The fraction of sp³-hybridized carbons (Fsp3) is 0.320. The largest absolute Gasteiger partial charge is 0.496 e. The molecule has 0 bridgehead atoms. The molecule has 7 nitrogen and oxygen atoms in total. The number of methoxy groups -OCH3 is 1. The van der Waals surface area contributed by atoms with Crippen molar-refractivity contribution in [2.24, 2.45) is 0 Å². The van der Waals surface area contributed by atoms with E-state index in [1.165, 1.54) is 28.6 Å². The molecular formula is C25H28N2O5S. The third-order valence-corrected chi connectivity index (χ3v) is 7.63. The normalized spacial score (nSPS) is 19.4. The fourth-order valence-corrected chi connectivity index (χ4v) is 5.81. The second-order valence-electron chi connectivity index (χ2n) is 8.25. The Morgan fingerprint density at radius 1 is 1.03 bits per heavy atom. The van der Waals surface area contributed by atoms with Crippen molar-refractivity contribution in [3.8, 4) is 5.75 Å². The van der Waals surface area contributed by atoms with E-state index in [2.05, 4.69) is 5.32 Å². The van der Waals surface area contributed by atoms with E-state index in [1.807, 2.05) is 50.2 Å². The number of carbonyl (C=O) groups is 1. The Hall–Kier alpha value is -2.94. The minimum atomic E-state index is -3.65. The van der Waals surface area contributed by atoms with Crippen LogP contribution in [0.15, 0.2) is 65.6 Å². The summed E-state index contributed by atoms with van der Waals surface area (Å²) in [7, 11) is -2.05. The second kappa shape index (κ2) is 9.51. The van der Waals surface area contributed by atoms with Crippen molar-refractivity contribution in [3.05, 3.63) is 71.8 Å². The van der Waals surface area contributed by atoms with Gasteiger partial charge in [-0.15, -0.1) is 0 Å². The van der Waals surface area contributed by atoms with Gasteiger partial charge in [-0.1, -0.05) is 30.3 Å². The predicted octanol–water partition coefficient (Wildman–Crippen LogP) is 3.58. The summed E-state index contributed by atoms with van der Waals surface area (Å²) in [6, 6.07) is 17.8. The highest BCUT2D eigenvalue weighted by Gasteiger charge is 2.32. The standard InChI is InChI=1S/C25H28N2O5S/c1-17-15-27(16-18(2)32-17)33(29,30)21-11-8-20(9-12-21)25(28)26-14-23-22-7-5-4-6-19(22)10-13-24(23)31-3/h4-13,17-18H,14-16H2,1-3H3,(H,26,28). The highest BCUT2D eigenvalue weighted by atomic mass is 32.2. The molecule has 3 aromatic rings. The highest BCUT2D eigenvalue weighted by molar-refractivity contribution is 7.89. The number of nitrogens with one attached hydrogen (secondary N) is 1. The van der Waals surface area contributed by atoms with Gasteiger partial charge in [0.25, 0.3) is 5.91 Å². The minimum Gasteiger partial charge on any atom is -0.496 e. The molecule has 1 N–H and O–H groups in total. The number of benzene rings is 3. The van der Waals surface area contributed by atoms with E-state index in [1.54, 1.807) is 7.11 Å². The average Bonchev–Trinajstić information content (AvgIpc) is 2.81. The quantitative estimate of drug-likeness (QED) is 0.598. The lowest BCUT2D eigenvalue weighted by molar-refractivity contribution is -0.0440. The average molecular weight is 469 g/mol. The monoisotopic (exact) mass is 468 g/mol. The number of hydrogen-bond donors (Lipinski definition) is 1. The van der Waals surface area contributed by atoms with E-state index in [-0.39, 0.29) is 29.6 Å². The lowest BCUT2D eigenvalue weighted by Gasteiger charge is -2.34. The summed E-state index contributed by atoms with van der Waals surface area (Å²) in [4.78, 5) is 12.9. The maximum atomic E-state index is 13.0. The number of ether oxygens (including phenoxy) is 2. The van der Waals surface area contributed by atoms with Gasteiger partial charge in [0.05, 0.1) is 24.2 Å². The van der Waals surface area contributed by atoms with E-state index in [4.69, 9.17) is 9.47 Å². The summed E-state index contributed by atoms with van der Waals surface area (Å²) in [6.07, 6.45) is -0.334. The number of nitrogens with zero attached hydrogens (tertiary/aromatic N) is 1. The van der Waals surface area contributed by atoms with Crippen LogP contribution < -0.4 is 10.1 Å². The van der Waals surface area contributed by atoms with E-state index < -0.39 is 10.0 Å². The Kier molecular flexibility index (Phi) is 6.69. The molecule has 1 fully saturated rings. The molecule has 3 aromatic carbocycles. The molecule has 2 atom stereocenters. The van der Waals surface area contributed by atoms with Crippen molar-refractivity contribution < 1.29 is 22.7 Å². The number of carbonyl (C=O) groups excluding carboxylic acids is 1. The van der Waals surface area contributed by atoms with Crippen molar-refractivity contribution >= 4 is 26.7 Å². The topological polar surface area (TPSA) is 84.9 Å². The summed E-state index contributed by atoms with van der Waals surface area (Å²) >= 11 is 0. The number of fused-ring (bicyclic) bond motifs is 1. The summed E-state index contributed by atoms with van der Waals surface area (Å²) in [5, 5.41) is 4.99. The zero-order chi connectivity index (χ0) is 23.6. The summed E-state index contributed by atoms with van der Waals surface area (Å²) in [5.74, 6) is 0.409. The van der Waals surface area contributed by atoms with E-state index >= 15 is 0 Å². The van der Waals surface area contributed by atoms with Gasteiger partial charge in [-0.3, -0.25) is 4.79 Å². The molecule has 1 heterocycles. The van der Waals surface area contributed by atoms with Crippen LogP contribution in [0, 0.1) is 0 Å². The summed E-state index contributed by atoms with van der Waals surface area (Å²) in [5.41, 5.74) is 1.27. The van der Waals surface area contributed by atoms with E-state index in [0.29, 0.717) is 24.4 Å². The molecule has 33 heavy (non-hydrogen) atoms. The van der Waals surface area contributed by atoms with E-state index in [9.17, 15) is 13.2 Å². The molecule has 0 aromatic heterocycles. The molecule has 1 saturated heterocycles. The maximum absolute atomic E-state index is 13.0. The van der Waals surface area contributed by atoms with Crippen LogP contribution in [0.3, 0.4) is 0 Å². The minimum absolute atomic E-state index is 0.163. The summed E-state index contributed by atoms with van der Waals surface area (Å²) in [6.45, 7) is 4.61. The van der Waals surface area contributed by atoms with Crippen LogP contribution in [0.2, 0.25) is 0 Å². The molecule has 2 unspecified atom stereocenters. The molecule has 4 rings (SSSR count). The maximum Gasteiger partial charge on any atom is 0.251 e. The van der Waals surface area contributed by atoms with Gasteiger partial charge >= 0.3 is 0 Å². The first kappa shape index (κ1) is 23.2. The van der Waals surface area contributed by atoms with Crippen LogP contribution in [0.1, 0.15) is 29.8 Å². The van der Waals surface area contributed by atoms with Gasteiger partial charge in [0, 0.05) is 30.8 Å². The summed E-state index contributed by atoms with van der Waals surface area (Å²) < 4.78 is 38.6. The van der Waals surface area contributed by atoms with Crippen LogP contribution in [0.25, 0.3) is 10.8 Å². The lowest BCUT2D eigenvalue weighted by atomic mass is 10.0. The van der Waals surface area contributed by atoms with Crippen LogP contribution >= 0.6 is 0 Å². The Morgan fingerprint density at radius 3 is 2.36 bits per heavy atom. The van der Waals surface area contributed by atoms with Gasteiger partial charge < -0.3 is 14.8 Å². The molecule has 0 saturated carbocycles. The molecule has 1 aliphatic heterocycles. The van der Waals surface area contributed by atoms with Gasteiger partial charge in [0.1, 0.15) is 5.75 Å². The Labute approximate surface area is 194 Å². The van der Waals surface area contributed by atoms with Gasteiger partial charge in [-0.25, -0.2) is 8.42 Å². The zero-order valence-corrected chi connectivity index (χ0v) is 19.8. The second-order valence-corrected chi connectivity index (χ2v) is 10.2. The van der Waals surface area contributed by atoms with Crippen molar-refractivity contribution in [2.45, 2.75) is 37.5 Å². The van der Waals surface area contributed by atoms with Crippen molar-refractivity contribution in [1.82, 2.24) is 9.62 Å². The van der Waals surface area contributed by atoms with Crippen molar-refractivity contribution in [1.29, 1.82) is 0 Å². The Balaban J connectivity index is 1.49. The van der Waals surface area contributed by atoms with Gasteiger partial charge in [-0.2, -0.15) is 4.31 Å². The molecule has 174 valence electrons. The first-order chi connectivity index (χ1) is 15.8. The predicted molar refractivity (Wildman–Crippen MR) is 127 cm³/mol. The van der Waals surface area contributed by atoms with Gasteiger partial charge in [0.15, 0.2) is 0 Å². The fourth-order valence-electron chi connectivity index (χ4n) is 4.21. The first-order valence-electron chi connectivity index (χ1n) is 10.9. The third kappa shape index (κ3) is 4.88. The highest BCUT2D eigenvalue weighted by Crippen LogP contribution is 2.28.